The second-order valence-electron chi connectivity index (χ2n) is 5.94. The van der Waals surface area contributed by atoms with Crippen LogP contribution in [-0.4, -0.2) is 30.3 Å². The summed E-state index contributed by atoms with van der Waals surface area (Å²) in [6, 6.07) is 0. The van der Waals surface area contributed by atoms with E-state index in [2.05, 4.69) is 18.7 Å². The van der Waals surface area contributed by atoms with Gasteiger partial charge >= 0.3 is 0 Å². The van der Waals surface area contributed by atoms with Crippen LogP contribution in [0, 0.1) is 17.8 Å². The summed E-state index contributed by atoms with van der Waals surface area (Å²) in [5.41, 5.74) is 0. The van der Waals surface area contributed by atoms with Crippen LogP contribution in [0.5, 0.6) is 0 Å². The molecule has 0 radical (unpaired) electrons. The van der Waals surface area contributed by atoms with Crippen molar-refractivity contribution >= 4 is 5.78 Å². The first-order chi connectivity index (χ1) is 8.04. The van der Waals surface area contributed by atoms with Crippen LogP contribution >= 0.6 is 0 Å². The van der Waals surface area contributed by atoms with Gasteiger partial charge in [-0.3, -0.25) is 4.79 Å². The molecule has 1 fully saturated rings. The Morgan fingerprint density at radius 1 is 1.24 bits per heavy atom. The van der Waals surface area contributed by atoms with E-state index in [4.69, 9.17) is 0 Å². The summed E-state index contributed by atoms with van der Waals surface area (Å²) in [4.78, 5) is 14.0. The number of ketones is 1. The first kappa shape index (κ1) is 14.7. The minimum atomic E-state index is 0.202. The van der Waals surface area contributed by atoms with Crippen LogP contribution in [0.25, 0.3) is 0 Å². The van der Waals surface area contributed by atoms with Crippen molar-refractivity contribution in [2.75, 3.05) is 19.6 Å². The number of hydrogen-bond donors (Lipinski definition) is 0. The molecule has 0 bridgehead atoms. The third-order valence-corrected chi connectivity index (χ3v) is 4.40. The van der Waals surface area contributed by atoms with Crippen molar-refractivity contribution in [2.24, 2.45) is 17.8 Å². The van der Waals surface area contributed by atoms with Crippen molar-refractivity contribution in [2.45, 2.75) is 53.4 Å². The fourth-order valence-electron chi connectivity index (χ4n) is 2.64. The van der Waals surface area contributed by atoms with Crippen LogP contribution in [0.2, 0.25) is 0 Å². The van der Waals surface area contributed by atoms with Gasteiger partial charge in [0.25, 0.3) is 0 Å². The molecule has 1 rings (SSSR count). The standard InChI is InChI=1S/C15H29NO/c1-5-13(4)14-6-9-16(10-7-14)11-8-15(17)12(2)3/h12-14H,5-11H2,1-4H3. The van der Waals surface area contributed by atoms with Crippen molar-refractivity contribution < 1.29 is 4.79 Å². The van der Waals surface area contributed by atoms with E-state index >= 15 is 0 Å². The molecule has 0 amide bonds. The third kappa shape index (κ3) is 4.79. The Morgan fingerprint density at radius 2 is 1.82 bits per heavy atom. The molecule has 0 aromatic heterocycles. The van der Waals surface area contributed by atoms with Gasteiger partial charge in [0.1, 0.15) is 5.78 Å². The molecule has 0 aromatic carbocycles. The Labute approximate surface area is 107 Å². The molecule has 1 aliphatic rings. The molecule has 2 heteroatoms. The van der Waals surface area contributed by atoms with Gasteiger partial charge in [0.05, 0.1) is 0 Å². The minimum Gasteiger partial charge on any atom is -0.303 e. The zero-order valence-electron chi connectivity index (χ0n) is 12.0. The predicted molar refractivity (Wildman–Crippen MR) is 73.1 cm³/mol. The van der Waals surface area contributed by atoms with Gasteiger partial charge in [0, 0.05) is 18.9 Å². The fraction of sp³-hybridized carbons (Fsp3) is 0.933. The molecule has 1 unspecified atom stereocenters. The quantitative estimate of drug-likeness (QED) is 0.708. The van der Waals surface area contributed by atoms with E-state index in [1.54, 1.807) is 0 Å². The number of nitrogens with zero attached hydrogens (tertiary/aromatic N) is 1. The Hall–Kier alpha value is -0.370. The maximum atomic E-state index is 11.6. The second-order valence-corrected chi connectivity index (χ2v) is 5.94. The first-order valence-corrected chi connectivity index (χ1v) is 7.29. The van der Waals surface area contributed by atoms with Crippen LogP contribution < -0.4 is 0 Å². The van der Waals surface area contributed by atoms with E-state index < -0.39 is 0 Å². The molecule has 0 aliphatic carbocycles. The average molecular weight is 239 g/mol. The van der Waals surface area contributed by atoms with Gasteiger partial charge < -0.3 is 4.90 Å². The van der Waals surface area contributed by atoms with Crippen LogP contribution in [0.1, 0.15) is 53.4 Å². The monoisotopic (exact) mass is 239 g/mol. The van der Waals surface area contributed by atoms with E-state index in [1.807, 2.05) is 13.8 Å². The summed E-state index contributed by atoms with van der Waals surface area (Å²) in [5.74, 6) is 2.40. The van der Waals surface area contributed by atoms with Gasteiger partial charge in [-0.15, -0.1) is 0 Å². The molecule has 0 N–H and O–H groups in total. The van der Waals surface area contributed by atoms with E-state index in [0.29, 0.717) is 5.78 Å². The highest BCUT2D eigenvalue weighted by Crippen LogP contribution is 2.26. The Kier molecular flexibility index (Phi) is 6.18. The van der Waals surface area contributed by atoms with Crippen LogP contribution in [-0.2, 0) is 4.79 Å². The van der Waals surface area contributed by atoms with Gasteiger partial charge in [0.2, 0.25) is 0 Å². The molecular weight excluding hydrogens is 210 g/mol. The number of rotatable bonds is 6. The minimum absolute atomic E-state index is 0.202. The Morgan fingerprint density at radius 3 is 2.29 bits per heavy atom. The third-order valence-electron chi connectivity index (χ3n) is 4.40. The Balaban J connectivity index is 2.21. The average Bonchev–Trinajstić information content (AvgIpc) is 2.35. The number of piperidine rings is 1. The molecule has 2 nitrogen and oxygen atoms in total. The van der Waals surface area contributed by atoms with Crippen molar-refractivity contribution in [1.29, 1.82) is 0 Å². The number of carbonyl (C=O) groups excluding carboxylic acids is 1. The van der Waals surface area contributed by atoms with Crippen molar-refractivity contribution in [3.05, 3.63) is 0 Å². The van der Waals surface area contributed by atoms with E-state index in [-0.39, 0.29) is 5.92 Å². The summed E-state index contributed by atoms with van der Waals surface area (Å²) in [6.45, 7) is 12.0. The lowest BCUT2D eigenvalue weighted by Crippen LogP contribution is -2.37. The van der Waals surface area contributed by atoms with Crippen molar-refractivity contribution in [3.63, 3.8) is 0 Å². The SMILES string of the molecule is CCC(C)C1CCN(CCC(=O)C(C)C)CC1. The zero-order chi connectivity index (χ0) is 12.8. The lowest BCUT2D eigenvalue weighted by Gasteiger charge is -2.34. The number of Topliss-reactive ketones (excluding diaryl/α,β-unsaturated/α-hetero) is 1. The van der Waals surface area contributed by atoms with Crippen LogP contribution in [0.15, 0.2) is 0 Å². The Bertz CT molecular complexity index is 229. The van der Waals surface area contributed by atoms with E-state index in [9.17, 15) is 4.79 Å². The zero-order valence-corrected chi connectivity index (χ0v) is 12.0. The van der Waals surface area contributed by atoms with Crippen LogP contribution in [0.3, 0.4) is 0 Å². The van der Waals surface area contributed by atoms with Crippen molar-refractivity contribution in [3.8, 4) is 0 Å². The first-order valence-electron chi connectivity index (χ1n) is 7.29. The summed E-state index contributed by atoms with van der Waals surface area (Å²) < 4.78 is 0. The van der Waals surface area contributed by atoms with E-state index in [1.165, 1.54) is 32.4 Å². The maximum absolute atomic E-state index is 11.6. The van der Waals surface area contributed by atoms with Gasteiger partial charge in [-0.05, 0) is 37.8 Å². The molecule has 0 saturated carbocycles. The molecule has 1 atom stereocenters. The van der Waals surface area contributed by atoms with E-state index in [0.717, 1.165) is 24.8 Å². The smallest absolute Gasteiger partial charge is 0.136 e. The summed E-state index contributed by atoms with van der Waals surface area (Å²) >= 11 is 0. The molecule has 0 spiro atoms. The maximum Gasteiger partial charge on any atom is 0.136 e. The molecule has 100 valence electrons. The van der Waals surface area contributed by atoms with Gasteiger partial charge in [-0.2, -0.15) is 0 Å². The van der Waals surface area contributed by atoms with Crippen molar-refractivity contribution in [1.82, 2.24) is 4.90 Å². The highest BCUT2D eigenvalue weighted by Gasteiger charge is 2.23. The number of carbonyl (C=O) groups is 1. The lowest BCUT2D eigenvalue weighted by molar-refractivity contribution is -0.122. The lowest BCUT2D eigenvalue weighted by atomic mass is 9.84. The van der Waals surface area contributed by atoms with Crippen LogP contribution in [0.4, 0.5) is 0 Å². The number of likely N-dealkylation sites (tertiary alicyclic amines) is 1. The molecule has 1 aliphatic heterocycles. The molecule has 1 heterocycles. The normalized spacial score (nSPS) is 20.8. The topological polar surface area (TPSA) is 20.3 Å². The molecule has 17 heavy (non-hydrogen) atoms. The molecule has 1 saturated heterocycles. The molecule has 0 aromatic rings. The summed E-state index contributed by atoms with van der Waals surface area (Å²) in [7, 11) is 0. The fourth-order valence-corrected chi connectivity index (χ4v) is 2.64. The van der Waals surface area contributed by atoms with Gasteiger partial charge in [-0.25, -0.2) is 0 Å². The highest BCUT2D eigenvalue weighted by molar-refractivity contribution is 5.80. The summed E-state index contributed by atoms with van der Waals surface area (Å²) in [5, 5.41) is 0. The predicted octanol–water partition coefficient (Wildman–Crippen LogP) is 3.36. The van der Waals surface area contributed by atoms with Gasteiger partial charge in [0.15, 0.2) is 0 Å². The summed E-state index contributed by atoms with van der Waals surface area (Å²) in [6.07, 6.45) is 4.69. The largest absolute Gasteiger partial charge is 0.303 e. The second kappa shape index (κ2) is 7.15. The van der Waals surface area contributed by atoms with Gasteiger partial charge in [-0.1, -0.05) is 34.1 Å². The number of hydrogen-bond acceptors (Lipinski definition) is 2. The molecular formula is C15H29NO. The highest BCUT2D eigenvalue weighted by atomic mass is 16.1.